The summed E-state index contributed by atoms with van der Waals surface area (Å²) >= 11 is 0. The van der Waals surface area contributed by atoms with Crippen molar-refractivity contribution in [3.05, 3.63) is 23.7 Å². The Bertz CT molecular complexity index is 390. The zero-order valence-electron chi connectivity index (χ0n) is 9.02. The lowest BCUT2D eigenvalue weighted by Gasteiger charge is -2.22. The molecule has 2 rings (SSSR count). The molecule has 1 saturated heterocycles. The van der Waals surface area contributed by atoms with E-state index < -0.39 is 12.2 Å². The zero-order chi connectivity index (χ0) is 11.7. The van der Waals surface area contributed by atoms with Crippen LogP contribution in [0.3, 0.4) is 0 Å². The number of aryl methyl sites for hydroxylation is 1. The number of nitrogens with zero attached hydrogens (tertiary/aromatic N) is 1. The average Bonchev–Trinajstić information content (AvgIpc) is 2.83. The van der Waals surface area contributed by atoms with Gasteiger partial charge in [0.15, 0.2) is 0 Å². The summed E-state index contributed by atoms with van der Waals surface area (Å²) in [6.07, 6.45) is 0.590. The Balaban J connectivity index is 2.19. The maximum atomic E-state index is 13.2. The number of alkyl halides is 1. The van der Waals surface area contributed by atoms with Gasteiger partial charge in [-0.2, -0.15) is 0 Å². The van der Waals surface area contributed by atoms with Gasteiger partial charge in [0.25, 0.3) is 5.91 Å². The van der Waals surface area contributed by atoms with E-state index >= 15 is 0 Å². The van der Waals surface area contributed by atoms with Gasteiger partial charge in [-0.05, 0) is 13.0 Å². The summed E-state index contributed by atoms with van der Waals surface area (Å²) in [7, 11) is 0. The van der Waals surface area contributed by atoms with Crippen LogP contribution in [-0.2, 0) is 0 Å². The van der Waals surface area contributed by atoms with Gasteiger partial charge in [0.2, 0.25) is 0 Å². The molecule has 1 aromatic rings. The number of halogens is 1. The highest BCUT2D eigenvalue weighted by molar-refractivity contribution is 5.95. The molecule has 0 bridgehead atoms. The van der Waals surface area contributed by atoms with Gasteiger partial charge in [-0.25, -0.2) is 4.39 Å². The van der Waals surface area contributed by atoms with E-state index in [4.69, 9.17) is 9.52 Å². The maximum absolute atomic E-state index is 13.2. The van der Waals surface area contributed by atoms with Crippen molar-refractivity contribution in [3.63, 3.8) is 0 Å². The predicted octanol–water partition coefficient (Wildman–Crippen LogP) is 1.13. The third-order valence-electron chi connectivity index (χ3n) is 2.92. The smallest absolute Gasteiger partial charge is 0.257 e. The van der Waals surface area contributed by atoms with Crippen LogP contribution in [0.5, 0.6) is 0 Å². The molecule has 0 radical (unpaired) electrons. The third kappa shape index (κ3) is 1.82. The average molecular weight is 227 g/mol. The van der Waals surface area contributed by atoms with Crippen LogP contribution in [0.15, 0.2) is 16.7 Å². The Hall–Kier alpha value is -1.36. The standard InChI is InChI=1S/C11H14FNO3/c1-7-10(2-3-16-7)11(15)13-5-8(12)4-9(13)6-14/h2-3,8-9,14H,4-6H2,1H3/t8-,9-/m0/s1. The minimum Gasteiger partial charge on any atom is -0.469 e. The SMILES string of the molecule is Cc1occc1C(=O)N1C[C@@H](F)C[C@H]1CO. The van der Waals surface area contributed by atoms with E-state index in [9.17, 15) is 9.18 Å². The van der Waals surface area contributed by atoms with Crippen LogP contribution in [0, 0.1) is 6.92 Å². The zero-order valence-corrected chi connectivity index (χ0v) is 9.02. The summed E-state index contributed by atoms with van der Waals surface area (Å²) in [4.78, 5) is 13.4. The Kier molecular flexibility index (Phi) is 2.96. The highest BCUT2D eigenvalue weighted by Crippen LogP contribution is 2.23. The van der Waals surface area contributed by atoms with Gasteiger partial charge in [-0.15, -0.1) is 0 Å². The second kappa shape index (κ2) is 4.25. The molecule has 0 spiro atoms. The second-order valence-corrected chi connectivity index (χ2v) is 4.02. The van der Waals surface area contributed by atoms with Gasteiger partial charge in [0.05, 0.1) is 31.0 Å². The van der Waals surface area contributed by atoms with Gasteiger partial charge in [0, 0.05) is 6.42 Å². The molecule has 1 fully saturated rings. The van der Waals surface area contributed by atoms with Crippen LogP contribution in [0.1, 0.15) is 22.5 Å². The van der Waals surface area contributed by atoms with E-state index in [1.165, 1.54) is 11.2 Å². The van der Waals surface area contributed by atoms with Gasteiger partial charge in [-0.3, -0.25) is 4.79 Å². The number of carbonyl (C=O) groups excluding carboxylic acids is 1. The summed E-state index contributed by atoms with van der Waals surface area (Å²) in [6, 6.07) is 1.15. The fraction of sp³-hybridized carbons (Fsp3) is 0.545. The normalized spacial score (nSPS) is 25.1. The minimum atomic E-state index is -1.05. The van der Waals surface area contributed by atoms with E-state index in [2.05, 4.69) is 0 Å². The number of rotatable bonds is 2. The second-order valence-electron chi connectivity index (χ2n) is 4.02. The van der Waals surface area contributed by atoms with Crippen molar-refractivity contribution in [3.8, 4) is 0 Å². The topological polar surface area (TPSA) is 53.7 Å². The van der Waals surface area contributed by atoms with E-state index in [1.807, 2.05) is 0 Å². The monoisotopic (exact) mass is 227 g/mol. The summed E-state index contributed by atoms with van der Waals surface area (Å²) in [6.45, 7) is 1.53. The van der Waals surface area contributed by atoms with Crippen LogP contribution in [0.4, 0.5) is 4.39 Å². The number of furan rings is 1. The summed E-state index contributed by atoms with van der Waals surface area (Å²) in [5.41, 5.74) is 0.438. The number of aliphatic hydroxyl groups excluding tert-OH is 1. The number of hydrogen-bond donors (Lipinski definition) is 1. The number of carbonyl (C=O) groups is 1. The molecule has 2 atom stereocenters. The van der Waals surface area contributed by atoms with E-state index in [0.717, 1.165) is 0 Å². The van der Waals surface area contributed by atoms with Crippen molar-refractivity contribution in [1.82, 2.24) is 4.90 Å². The van der Waals surface area contributed by atoms with Crippen LogP contribution in [0.25, 0.3) is 0 Å². The molecule has 1 aromatic heterocycles. The van der Waals surface area contributed by atoms with Gasteiger partial charge >= 0.3 is 0 Å². The highest BCUT2D eigenvalue weighted by Gasteiger charge is 2.36. The molecule has 0 saturated carbocycles. The highest BCUT2D eigenvalue weighted by atomic mass is 19.1. The van der Waals surface area contributed by atoms with E-state index in [0.29, 0.717) is 11.3 Å². The predicted molar refractivity (Wildman–Crippen MR) is 54.9 cm³/mol. The fourth-order valence-electron chi connectivity index (χ4n) is 2.04. The Morgan fingerprint density at radius 3 is 3.06 bits per heavy atom. The molecule has 1 aliphatic rings. The molecule has 5 heteroatoms. The molecule has 88 valence electrons. The first kappa shape index (κ1) is 11.1. The Morgan fingerprint density at radius 1 is 1.75 bits per heavy atom. The molecule has 0 unspecified atom stereocenters. The molecular weight excluding hydrogens is 213 g/mol. The number of hydrogen-bond acceptors (Lipinski definition) is 3. The van der Waals surface area contributed by atoms with E-state index in [-0.39, 0.29) is 25.5 Å². The fourth-order valence-corrected chi connectivity index (χ4v) is 2.04. The minimum absolute atomic E-state index is 0.0503. The molecule has 4 nitrogen and oxygen atoms in total. The Labute approximate surface area is 92.7 Å². The van der Waals surface area contributed by atoms with Crippen LogP contribution in [-0.4, -0.2) is 41.3 Å². The van der Waals surface area contributed by atoms with E-state index in [1.54, 1.807) is 13.0 Å². The first-order valence-electron chi connectivity index (χ1n) is 5.23. The lowest BCUT2D eigenvalue weighted by Crippen LogP contribution is -2.37. The largest absolute Gasteiger partial charge is 0.469 e. The third-order valence-corrected chi connectivity index (χ3v) is 2.92. The molecule has 16 heavy (non-hydrogen) atoms. The molecule has 1 aliphatic heterocycles. The van der Waals surface area contributed by atoms with Crippen molar-refractivity contribution in [2.45, 2.75) is 25.6 Å². The van der Waals surface area contributed by atoms with Crippen LogP contribution >= 0.6 is 0 Å². The van der Waals surface area contributed by atoms with Gasteiger partial charge in [-0.1, -0.05) is 0 Å². The van der Waals surface area contributed by atoms with Crippen molar-refractivity contribution < 1.29 is 18.7 Å². The van der Waals surface area contributed by atoms with Gasteiger partial charge in [0.1, 0.15) is 11.9 Å². The number of likely N-dealkylation sites (tertiary alicyclic amines) is 1. The molecule has 2 heterocycles. The number of amides is 1. The summed E-state index contributed by atoms with van der Waals surface area (Å²) < 4.78 is 18.2. The molecule has 1 N–H and O–H groups in total. The lowest BCUT2D eigenvalue weighted by atomic mass is 10.2. The quantitative estimate of drug-likeness (QED) is 0.824. The maximum Gasteiger partial charge on any atom is 0.257 e. The molecule has 0 aromatic carbocycles. The van der Waals surface area contributed by atoms with Crippen molar-refractivity contribution >= 4 is 5.91 Å². The molecule has 1 amide bonds. The number of aliphatic hydroxyl groups is 1. The Morgan fingerprint density at radius 2 is 2.50 bits per heavy atom. The summed E-state index contributed by atoms with van der Waals surface area (Å²) in [5.74, 6) is 0.245. The van der Waals surface area contributed by atoms with Crippen molar-refractivity contribution in [2.75, 3.05) is 13.2 Å². The summed E-state index contributed by atoms with van der Waals surface area (Å²) in [5, 5.41) is 9.09. The first-order chi connectivity index (χ1) is 7.63. The van der Waals surface area contributed by atoms with Gasteiger partial charge < -0.3 is 14.4 Å². The first-order valence-corrected chi connectivity index (χ1v) is 5.23. The van der Waals surface area contributed by atoms with Crippen molar-refractivity contribution in [2.24, 2.45) is 0 Å². The molecular formula is C11H14FNO3. The van der Waals surface area contributed by atoms with Crippen molar-refractivity contribution in [1.29, 1.82) is 0 Å². The molecule has 0 aliphatic carbocycles. The lowest BCUT2D eigenvalue weighted by molar-refractivity contribution is 0.0671. The van der Waals surface area contributed by atoms with Crippen LogP contribution in [0.2, 0.25) is 0 Å². The van der Waals surface area contributed by atoms with Crippen LogP contribution < -0.4 is 0 Å².